The van der Waals surface area contributed by atoms with E-state index in [0.717, 1.165) is 36.5 Å². The molecule has 0 radical (unpaired) electrons. The Kier molecular flexibility index (Phi) is 6.02. The highest BCUT2D eigenvalue weighted by Crippen LogP contribution is 2.24. The predicted molar refractivity (Wildman–Crippen MR) is 101 cm³/mol. The third-order valence-corrected chi connectivity index (χ3v) is 7.28. The van der Waals surface area contributed by atoms with Gasteiger partial charge in [0.25, 0.3) is 0 Å². The Bertz CT molecular complexity index is 847. The Balaban J connectivity index is 1.64. The van der Waals surface area contributed by atoms with Gasteiger partial charge in [-0.3, -0.25) is 0 Å². The molecular formula is C18H24ClN3O3S. The van der Waals surface area contributed by atoms with Gasteiger partial charge in [-0.25, -0.2) is 8.42 Å². The van der Waals surface area contributed by atoms with Crippen LogP contribution in [0.4, 0.5) is 0 Å². The minimum Gasteiger partial charge on any atom is -0.360 e. The maximum absolute atomic E-state index is 13.0. The summed E-state index contributed by atoms with van der Waals surface area (Å²) < 4.78 is 32.5. The molecule has 1 aromatic carbocycles. The van der Waals surface area contributed by atoms with Gasteiger partial charge in [-0.2, -0.15) is 4.31 Å². The smallest absolute Gasteiger partial charge is 0.248 e. The molecule has 0 spiro atoms. The average molecular weight is 398 g/mol. The average Bonchev–Trinajstić information content (AvgIpc) is 2.81. The van der Waals surface area contributed by atoms with Crippen LogP contribution in [-0.2, 0) is 16.4 Å². The molecular weight excluding hydrogens is 374 g/mol. The van der Waals surface area contributed by atoms with Crippen molar-refractivity contribution in [3.8, 4) is 0 Å². The molecule has 0 atom stereocenters. The summed E-state index contributed by atoms with van der Waals surface area (Å²) in [6, 6.07) is 7.85. The summed E-state index contributed by atoms with van der Waals surface area (Å²) in [5, 5.41) is 4.57. The van der Waals surface area contributed by atoms with E-state index < -0.39 is 10.0 Å². The molecule has 1 aliphatic heterocycles. The molecule has 1 saturated heterocycles. The van der Waals surface area contributed by atoms with Crippen LogP contribution in [0.5, 0.6) is 0 Å². The molecule has 142 valence electrons. The van der Waals surface area contributed by atoms with E-state index in [2.05, 4.69) is 10.1 Å². The van der Waals surface area contributed by atoms with Crippen LogP contribution in [-0.4, -0.2) is 55.5 Å². The number of hydrogen-bond acceptors (Lipinski definition) is 5. The molecule has 8 heteroatoms. The molecule has 0 aliphatic carbocycles. The summed E-state index contributed by atoms with van der Waals surface area (Å²) in [7, 11) is -3.57. The Labute approximate surface area is 159 Å². The van der Waals surface area contributed by atoms with E-state index in [9.17, 15) is 8.42 Å². The normalized spacial score (nSPS) is 17.3. The zero-order chi connectivity index (χ0) is 18.7. The maximum Gasteiger partial charge on any atom is 0.248 e. The van der Waals surface area contributed by atoms with Gasteiger partial charge in [0.05, 0.1) is 0 Å². The first-order chi connectivity index (χ1) is 12.4. The topological polar surface area (TPSA) is 66.7 Å². The largest absolute Gasteiger partial charge is 0.360 e. The molecule has 0 saturated carbocycles. The molecule has 0 N–H and O–H groups in total. The predicted octanol–water partition coefficient (Wildman–Crippen LogP) is 2.88. The highest BCUT2D eigenvalue weighted by Gasteiger charge is 2.32. The van der Waals surface area contributed by atoms with Gasteiger partial charge in [0.2, 0.25) is 10.0 Å². The number of nitrogens with zero attached hydrogens (tertiary/aromatic N) is 3. The second-order valence-corrected chi connectivity index (χ2v) is 8.88. The van der Waals surface area contributed by atoms with Crippen LogP contribution in [0.2, 0.25) is 5.02 Å². The van der Waals surface area contributed by atoms with Crippen molar-refractivity contribution < 1.29 is 12.9 Å². The van der Waals surface area contributed by atoms with Crippen molar-refractivity contribution in [1.29, 1.82) is 0 Å². The highest BCUT2D eigenvalue weighted by atomic mass is 35.5. The van der Waals surface area contributed by atoms with Gasteiger partial charge in [0.15, 0.2) is 5.76 Å². The van der Waals surface area contributed by atoms with Crippen LogP contribution in [0.15, 0.2) is 33.7 Å². The third-order valence-electron chi connectivity index (χ3n) is 4.77. The van der Waals surface area contributed by atoms with E-state index in [1.807, 2.05) is 24.3 Å². The van der Waals surface area contributed by atoms with Crippen LogP contribution in [0.25, 0.3) is 0 Å². The van der Waals surface area contributed by atoms with Gasteiger partial charge in [0, 0.05) is 31.2 Å². The summed E-state index contributed by atoms with van der Waals surface area (Å²) in [5.41, 5.74) is 1.54. The van der Waals surface area contributed by atoms with Crippen molar-refractivity contribution in [2.24, 2.45) is 0 Å². The fourth-order valence-corrected chi connectivity index (χ4v) is 5.35. The number of rotatable bonds is 5. The van der Waals surface area contributed by atoms with Crippen LogP contribution < -0.4 is 0 Å². The highest BCUT2D eigenvalue weighted by molar-refractivity contribution is 7.89. The van der Waals surface area contributed by atoms with Crippen LogP contribution in [0.3, 0.4) is 0 Å². The molecule has 6 nitrogen and oxygen atoms in total. The maximum atomic E-state index is 13.0. The van der Waals surface area contributed by atoms with E-state index in [1.54, 1.807) is 18.2 Å². The van der Waals surface area contributed by atoms with Gasteiger partial charge >= 0.3 is 0 Å². The van der Waals surface area contributed by atoms with Gasteiger partial charge in [0.1, 0.15) is 10.6 Å². The Morgan fingerprint density at radius 1 is 1.15 bits per heavy atom. The lowest BCUT2D eigenvalue weighted by Gasteiger charge is -2.21. The van der Waals surface area contributed by atoms with Crippen molar-refractivity contribution in [3.63, 3.8) is 0 Å². The Hall–Kier alpha value is -1.41. The van der Waals surface area contributed by atoms with Gasteiger partial charge in [-0.15, -0.1) is 0 Å². The number of hydrogen-bond donors (Lipinski definition) is 0. The van der Waals surface area contributed by atoms with Crippen molar-refractivity contribution in [2.45, 2.75) is 31.6 Å². The minimum absolute atomic E-state index is 0.210. The molecule has 0 unspecified atom stereocenters. The summed E-state index contributed by atoms with van der Waals surface area (Å²) in [6.45, 7) is 6.72. The molecule has 1 fully saturated rings. The Morgan fingerprint density at radius 3 is 2.62 bits per heavy atom. The lowest BCUT2D eigenvalue weighted by Crippen LogP contribution is -2.36. The van der Waals surface area contributed by atoms with Gasteiger partial charge in [-0.05, 0) is 44.9 Å². The second-order valence-electron chi connectivity index (χ2n) is 6.59. The van der Waals surface area contributed by atoms with E-state index in [-0.39, 0.29) is 4.90 Å². The molecule has 1 aromatic heterocycles. The fraction of sp³-hybridized carbons (Fsp3) is 0.500. The van der Waals surface area contributed by atoms with Crippen LogP contribution >= 0.6 is 11.6 Å². The zero-order valence-corrected chi connectivity index (χ0v) is 16.7. The number of aryl methyl sites for hydroxylation is 2. The second kappa shape index (κ2) is 8.08. The lowest BCUT2D eigenvalue weighted by atomic mass is 10.1. The summed E-state index contributed by atoms with van der Waals surface area (Å²) in [6.07, 6.45) is 1.65. The summed E-state index contributed by atoms with van der Waals surface area (Å²) in [5.74, 6) is 0.349. The number of benzene rings is 1. The molecule has 2 heterocycles. The molecule has 3 rings (SSSR count). The minimum atomic E-state index is -3.57. The van der Waals surface area contributed by atoms with Crippen molar-refractivity contribution in [3.05, 3.63) is 46.3 Å². The third kappa shape index (κ3) is 4.11. The van der Waals surface area contributed by atoms with Crippen LogP contribution in [0, 0.1) is 13.8 Å². The van der Waals surface area contributed by atoms with Gasteiger partial charge in [-0.1, -0.05) is 35.0 Å². The first-order valence-electron chi connectivity index (χ1n) is 8.78. The monoisotopic (exact) mass is 397 g/mol. The molecule has 26 heavy (non-hydrogen) atoms. The quantitative estimate of drug-likeness (QED) is 0.776. The zero-order valence-electron chi connectivity index (χ0n) is 15.1. The van der Waals surface area contributed by atoms with Gasteiger partial charge < -0.3 is 9.42 Å². The lowest BCUT2D eigenvalue weighted by molar-refractivity contribution is 0.290. The van der Waals surface area contributed by atoms with Crippen molar-refractivity contribution in [1.82, 2.24) is 14.4 Å². The standard InChI is InChI=1S/C18H24ClN3O3S/c1-14-18(15(2)25-20-14)26(23,24)22-10-5-9-21(12-13-22)11-8-16-6-3-4-7-17(16)19/h3-4,6-7H,5,8-13H2,1-2H3. The first kappa shape index (κ1) is 19.4. The molecule has 2 aromatic rings. The van der Waals surface area contributed by atoms with Crippen molar-refractivity contribution in [2.75, 3.05) is 32.7 Å². The first-order valence-corrected chi connectivity index (χ1v) is 10.6. The Morgan fingerprint density at radius 2 is 1.92 bits per heavy atom. The number of aromatic nitrogens is 1. The molecule has 1 aliphatic rings. The number of sulfonamides is 1. The van der Waals surface area contributed by atoms with E-state index in [0.29, 0.717) is 31.1 Å². The van der Waals surface area contributed by atoms with Crippen LogP contribution in [0.1, 0.15) is 23.4 Å². The van der Waals surface area contributed by atoms with E-state index in [1.165, 1.54) is 0 Å². The summed E-state index contributed by atoms with van der Waals surface area (Å²) >= 11 is 6.22. The van der Waals surface area contributed by atoms with E-state index in [4.69, 9.17) is 16.1 Å². The SMILES string of the molecule is Cc1noc(C)c1S(=O)(=O)N1CCCN(CCc2ccccc2Cl)CC1. The molecule has 0 bridgehead atoms. The van der Waals surface area contributed by atoms with E-state index >= 15 is 0 Å². The van der Waals surface area contributed by atoms with Crippen molar-refractivity contribution >= 4 is 21.6 Å². The number of halogens is 1. The summed E-state index contributed by atoms with van der Waals surface area (Å²) in [4.78, 5) is 2.51. The fourth-order valence-electron chi connectivity index (χ4n) is 3.36. The molecule has 0 amide bonds.